The molecule has 3 N–H and O–H groups in total. The van der Waals surface area contributed by atoms with Gasteiger partial charge in [-0.25, -0.2) is 4.79 Å². The van der Waals surface area contributed by atoms with Crippen molar-refractivity contribution in [2.75, 3.05) is 0 Å². The van der Waals surface area contributed by atoms with Crippen molar-refractivity contribution in [2.24, 2.45) is 5.92 Å². The molecule has 2 amide bonds. The Balaban J connectivity index is 2.26. The van der Waals surface area contributed by atoms with Crippen LogP contribution in [0.1, 0.15) is 39.5 Å². The highest BCUT2D eigenvalue weighted by Gasteiger charge is 2.25. The van der Waals surface area contributed by atoms with Crippen LogP contribution in [0.25, 0.3) is 0 Å². The molecule has 0 aliphatic heterocycles. The van der Waals surface area contributed by atoms with E-state index in [1.807, 2.05) is 0 Å². The van der Waals surface area contributed by atoms with Crippen molar-refractivity contribution >= 4 is 17.8 Å². The Bertz CT molecular complexity index is 337. The van der Waals surface area contributed by atoms with Gasteiger partial charge in [0.2, 0.25) is 11.8 Å². The maximum absolute atomic E-state index is 11.5. The van der Waals surface area contributed by atoms with Crippen LogP contribution < -0.4 is 10.6 Å². The van der Waals surface area contributed by atoms with Crippen molar-refractivity contribution in [3.63, 3.8) is 0 Å². The van der Waals surface area contributed by atoms with E-state index in [4.69, 9.17) is 5.11 Å². The first-order valence-corrected chi connectivity index (χ1v) is 6.21. The van der Waals surface area contributed by atoms with Crippen molar-refractivity contribution in [2.45, 2.75) is 51.6 Å². The summed E-state index contributed by atoms with van der Waals surface area (Å²) in [6.45, 7) is 3.44. The third-order valence-corrected chi connectivity index (χ3v) is 2.77. The minimum absolute atomic E-state index is 0.0229. The maximum Gasteiger partial charge on any atom is 0.326 e. The Labute approximate surface area is 106 Å². The molecule has 0 aromatic heterocycles. The monoisotopic (exact) mass is 256 g/mol. The molecule has 18 heavy (non-hydrogen) atoms. The van der Waals surface area contributed by atoms with E-state index in [-0.39, 0.29) is 30.7 Å². The summed E-state index contributed by atoms with van der Waals surface area (Å²) in [6, 6.07) is -0.619. The first-order chi connectivity index (χ1) is 8.40. The fourth-order valence-corrected chi connectivity index (χ4v) is 1.51. The van der Waals surface area contributed by atoms with E-state index in [1.54, 1.807) is 13.8 Å². The highest BCUT2D eigenvalue weighted by atomic mass is 16.4. The van der Waals surface area contributed by atoms with Gasteiger partial charge in [-0.2, -0.15) is 0 Å². The van der Waals surface area contributed by atoms with Gasteiger partial charge >= 0.3 is 5.97 Å². The molecular formula is C12H20N2O4. The lowest BCUT2D eigenvalue weighted by molar-refractivity contribution is -0.143. The van der Waals surface area contributed by atoms with Crippen molar-refractivity contribution in [1.82, 2.24) is 10.6 Å². The minimum atomic E-state index is -1.05. The zero-order valence-electron chi connectivity index (χ0n) is 10.7. The number of carbonyl (C=O) groups is 3. The van der Waals surface area contributed by atoms with Crippen LogP contribution in [-0.4, -0.2) is 35.0 Å². The molecule has 1 rings (SSSR count). The van der Waals surface area contributed by atoms with Gasteiger partial charge in [0.05, 0.1) is 0 Å². The van der Waals surface area contributed by atoms with Gasteiger partial charge in [0, 0.05) is 18.9 Å². The van der Waals surface area contributed by atoms with Gasteiger partial charge in [0.1, 0.15) is 6.04 Å². The van der Waals surface area contributed by atoms with Crippen LogP contribution in [0, 0.1) is 5.92 Å². The average Bonchev–Trinajstić information content (AvgIpc) is 3.06. The number of rotatable bonds is 7. The first kappa shape index (κ1) is 14.5. The lowest BCUT2D eigenvalue weighted by atomic mass is 10.0. The Kier molecular flexibility index (Phi) is 5.12. The summed E-state index contributed by atoms with van der Waals surface area (Å²) in [7, 11) is 0. The molecule has 1 atom stereocenters. The smallest absolute Gasteiger partial charge is 0.326 e. The van der Waals surface area contributed by atoms with E-state index in [2.05, 4.69) is 10.6 Å². The second kappa shape index (κ2) is 6.37. The zero-order valence-corrected chi connectivity index (χ0v) is 10.7. The number of carboxylic acids is 1. The summed E-state index contributed by atoms with van der Waals surface area (Å²) < 4.78 is 0. The van der Waals surface area contributed by atoms with Crippen LogP contribution in [0.5, 0.6) is 0 Å². The number of nitrogens with one attached hydrogen (secondary N) is 2. The Hall–Kier alpha value is -1.59. The molecule has 1 fully saturated rings. The molecule has 1 aliphatic rings. The van der Waals surface area contributed by atoms with E-state index in [0.717, 1.165) is 12.8 Å². The summed E-state index contributed by atoms with van der Waals surface area (Å²) in [5.41, 5.74) is 0. The van der Waals surface area contributed by atoms with Crippen LogP contribution in [0.15, 0.2) is 0 Å². The number of hydrogen-bond acceptors (Lipinski definition) is 3. The largest absolute Gasteiger partial charge is 0.480 e. The lowest BCUT2D eigenvalue weighted by Crippen LogP contribution is -2.44. The van der Waals surface area contributed by atoms with Gasteiger partial charge in [-0.3, -0.25) is 9.59 Å². The molecule has 1 aliphatic carbocycles. The molecule has 102 valence electrons. The van der Waals surface area contributed by atoms with Gasteiger partial charge in [-0.05, 0) is 18.8 Å². The lowest BCUT2D eigenvalue weighted by Gasteiger charge is -2.17. The number of carbonyl (C=O) groups excluding carboxylic acids is 2. The van der Waals surface area contributed by atoms with Gasteiger partial charge in [0.25, 0.3) is 0 Å². The molecule has 0 saturated heterocycles. The molecule has 0 heterocycles. The van der Waals surface area contributed by atoms with Crippen molar-refractivity contribution in [1.29, 1.82) is 0 Å². The van der Waals surface area contributed by atoms with Crippen LogP contribution >= 0.6 is 0 Å². The molecule has 0 radical (unpaired) electrons. The average molecular weight is 256 g/mol. The highest BCUT2D eigenvalue weighted by molar-refractivity contribution is 5.87. The minimum Gasteiger partial charge on any atom is -0.480 e. The second-order valence-electron chi connectivity index (χ2n) is 4.97. The van der Waals surface area contributed by atoms with Gasteiger partial charge in [0.15, 0.2) is 0 Å². The van der Waals surface area contributed by atoms with Gasteiger partial charge in [-0.1, -0.05) is 13.8 Å². The molecule has 6 heteroatoms. The Morgan fingerprint density at radius 1 is 1.17 bits per heavy atom. The summed E-state index contributed by atoms with van der Waals surface area (Å²) in [5.74, 6) is -1.79. The fraction of sp³-hybridized carbons (Fsp3) is 0.750. The molecule has 0 aromatic rings. The first-order valence-electron chi connectivity index (χ1n) is 6.21. The summed E-state index contributed by atoms with van der Waals surface area (Å²) in [5, 5.41) is 14.1. The molecule has 1 saturated carbocycles. The summed E-state index contributed by atoms with van der Waals surface area (Å²) in [6.07, 6.45) is 2.14. The van der Waals surface area contributed by atoms with E-state index in [0.29, 0.717) is 0 Å². The molecule has 6 nitrogen and oxygen atoms in total. The standard InChI is InChI=1S/C12H20N2O4/c1-7(2)11(12(17)18)14-10(16)6-5-9(15)13-8-3-4-8/h7-8,11H,3-6H2,1-2H3,(H,13,15)(H,14,16)(H,17,18). The van der Waals surface area contributed by atoms with E-state index < -0.39 is 17.9 Å². The molecular weight excluding hydrogens is 236 g/mol. The Morgan fingerprint density at radius 2 is 1.72 bits per heavy atom. The molecule has 0 aromatic carbocycles. The van der Waals surface area contributed by atoms with Crippen molar-refractivity contribution < 1.29 is 19.5 Å². The fourth-order valence-electron chi connectivity index (χ4n) is 1.51. The van der Waals surface area contributed by atoms with Crippen molar-refractivity contribution in [3.05, 3.63) is 0 Å². The summed E-state index contributed by atoms with van der Waals surface area (Å²) in [4.78, 5) is 33.7. The number of carboxylic acid groups (broad SMARTS) is 1. The predicted molar refractivity (Wildman–Crippen MR) is 64.8 cm³/mol. The molecule has 0 spiro atoms. The second-order valence-corrected chi connectivity index (χ2v) is 4.97. The molecule has 0 bridgehead atoms. The van der Waals surface area contributed by atoms with Gasteiger partial charge < -0.3 is 15.7 Å². The highest BCUT2D eigenvalue weighted by Crippen LogP contribution is 2.18. The number of amides is 2. The van der Waals surface area contributed by atoms with Crippen molar-refractivity contribution in [3.8, 4) is 0 Å². The van der Waals surface area contributed by atoms with E-state index in [1.165, 1.54) is 0 Å². The number of hydrogen-bond donors (Lipinski definition) is 3. The van der Waals surface area contributed by atoms with E-state index >= 15 is 0 Å². The van der Waals surface area contributed by atoms with Crippen LogP contribution in [0.4, 0.5) is 0 Å². The number of aliphatic carboxylic acids is 1. The Morgan fingerprint density at radius 3 is 2.17 bits per heavy atom. The SMILES string of the molecule is CC(C)C(NC(=O)CCC(=O)NC1CC1)C(=O)O. The third-order valence-electron chi connectivity index (χ3n) is 2.77. The topological polar surface area (TPSA) is 95.5 Å². The predicted octanol–water partition coefficient (Wildman–Crippen LogP) is 0.271. The molecule has 1 unspecified atom stereocenters. The van der Waals surface area contributed by atoms with Crippen LogP contribution in [0.2, 0.25) is 0 Å². The normalized spacial score (nSPS) is 16.2. The maximum atomic E-state index is 11.5. The quantitative estimate of drug-likeness (QED) is 0.609. The van der Waals surface area contributed by atoms with Crippen LogP contribution in [0.3, 0.4) is 0 Å². The zero-order chi connectivity index (χ0) is 13.7. The van der Waals surface area contributed by atoms with Gasteiger partial charge in [-0.15, -0.1) is 0 Å². The third kappa shape index (κ3) is 5.16. The van der Waals surface area contributed by atoms with Crippen LogP contribution in [-0.2, 0) is 14.4 Å². The van der Waals surface area contributed by atoms with E-state index in [9.17, 15) is 14.4 Å². The summed E-state index contributed by atoms with van der Waals surface area (Å²) >= 11 is 0.